The standard InChI is InChI=1S/C16H23F2NO/c1-10(14-11(17)7-6-8-12(14)18)19-13-9-15(2,3)20-16(13,4)5/h6-8,10,13,19H,9H2,1-5H3. The highest BCUT2D eigenvalue weighted by Crippen LogP contribution is 2.38. The van der Waals surface area contributed by atoms with E-state index in [0.29, 0.717) is 0 Å². The average Bonchev–Trinajstić information content (AvgIpc) is 2.46. The van der Waals surface area contributed by atoms with Crippen LogP contribution in [0, 0.1) is 11.6 Å². The van der Waals surface area contributed by atoms with E-state index in [-0.39, 0.29) is 22.8 Å². The molecule has 1 aromatic carbocycles. The first kappa shape index (κ1) is 15.4. The molecule has 112 valence electrons. The molecule has 0 aliphatic carbocycles. The van der Waals surface area contributed by atoms with Crippen LogP contribution in [0.1, 0.15) is 52.6 Å². The predicted molar refractivity (Wildman–Crippen MR) is 75.6 cm³/mol. The van der Waals surface area contributed by atoms with Crippen molar-refractivity contribution >= 4 is 0 Å². The Morgan fingerprint density at radius 3 is 2.20 bits per heavy atom. The summed E-state index contributed by atoms with van der Waals surface area (Å²) in [4.78, 5) is 0. The summed E-state index contributed by atoms with van der Waals surface area (Å²) >= 11 is 0. The quantitative estimate of drug-likeness (QED) is 0.906. The lowest BCUT2D eigenvalue weighted by molar-refractivity contribution is -0.0704. The lowest BCUT2D eigenvalue weighted by Gasteiger charge is -2.30. The molecule has 1 heterocycles. The fourth-order valence-corrected chi connectivity index (χ4v) is 3.13. The van der Waals surface area contributed by atoms with Gasteiger partial charge in [0.15, 0.2) is 0 Å². The Balaban J connectivity index is 2.18. The molecule has 1 saturated heterocycles. The largest absolute Gasteiger partial charge is 0.368 e. The maximum Gasteiger partial charge on any atom is 0.130 e. The van der Waals surface area contributed by atoms with Crippen molar-refractivity contribution in [3.63, 3.8) is 0 Å². The van der Waals surface area contributed by atoms with E-state index in [4.69, 9.17) is 4.74 Å². The molecule has 2 unspecified atom stereocenters. The highest BCUT2D eigenvalue weighted by molar-refractivity contribution is 5.23. The Morgan fingerprint density at radius 2 is 1.75 bits per heavy atom. The van der Waals surface area contributed by atoms with Gasteiger partial charge in [-0.3, -0.25) is 0 Å². The number of hydrogen-bond donors (Lipinski definition) is 1. The first-order chi connectivity index (χ1) is 9.12. The van der Waals surface area contributed by atoms with E-state index in [2.05, 4.69) is 5.32 Å². The van der Waals surface area contributed by atoms with Crippen molar-refractivity contribution in [3.8, 4) is 0 Å². The first-order valence-corrected chi connectivity index (χ1v) is 7.02. The molecule has 20 heavy (non-hydrogen) atoms. The van der Waals surface area contributed by atoms with Gasteiger partial charge >= 0.3 is 0 Å². The van der Waals surface area contributed by atoms with Crippen LogP contribution in [0.5, 0.6) is 0 Å². The van der Waals surface area contributed by atoms with E-state index < -0.39 is 17.7 Å². The molecule has 0 bridgehead atoms. The normalized spacial score (nSPS) is 25.6. The van der Waals surface area contributed by atoms with Crippen LogP contribution in [0.2, 0.25) is 0 Å². The molecule has 0 aromatic heterocycles. The molecular weight excluding hydrogens is 260 g/mol. The zero-order chi connectivity index (χ0) is 15.1. The molecule has 0 radical (unpaired) electrons. The highest BCUT2D eigenvalue weighted by Gasteiger charge is 2.46. The van der Waals surface area contributed by atoms with Crippen molar-refractivity contribution in [1.82, 2.24) is 5.32 Å². The molecule has 2 rings (SSSR count). The molecule has 2 atom stereocenters. The SMILES string of the molecule is CC(NC1CC(C)(C)OC1(C)C)c1c(F)cccc1F. The van der Waals surface area contributed by atoms with Gasteiger partial charge in [0.2, 0.25) is 0 Å². The fourth-order valence-electron chi connectivity index (χ4n) is 3.13. The van der Waals surface area contributed by atoms with Crippen molar-refractivity contribution in [3.05, 3.63) is 35.4 Å². The van der Waals surface area contributed by atoms with Crippen molar-refractivity contribution < 1.29 is 13.5 Å². The number of halogens is 2. The van der Waals surface area contributed by atoms with Gasteiger partial charge in [-0.15, -0.1) is 0 Å². The Kier molecular flexibility index (Phi) is 3.91. The molecule has 1 N–H and O–H groups in total. The van der Waals surface area contributed by atoms with Gasteiger partial charge in [-0.05, 0) is 53.2 Å². The third-order valence-corrected chi connectivity index (χ3v) is 3.96. The molecular formula is C16H23F2NO. The molecule has 1 fully saturated rings. The van der Waals surface area contributed by atoms with E-state index in [1.54, 1.807) is 6.92 Å². The molecule has 1 aromatic rings. The van der Waals surface area contributed by atoms with Gasteiger partial charge in [-0.25, -0.2) is 8.78 Å². The molecule has 0 spiro atoms. The fraction of sp³-hybridized carbons (Fsp3) is 0.625. The summed E-state index contributed by atoms with van der Waals surface area (Å²) < 4.78 is 33.6. The summed E-state index contributed by atoms with van der Waals surface area (Å²) in [5.41, 5.74) is -0.498. The number of benzene rings is 1. The first-order valence-electron chi connectivity index (χ1n) is 7.02. The van der Waals surface area contributed by atoms with Crippen molar-refractivity contribution in [2.45, 2.75) is 64.3 Å². The Bertz CT molecular complexity index is 479. The zero-order valence-electron chi connectivity index (χ0n) is 12.8. The maximum absolute atomic E-state index is 13.8. The summed E-state index contributed by atoms with van der Waals surface area (Å²) in [5, 5.41) is 3.32. The average molecular weight is 283 g/mol. The maximum atomic E-state index is 13.8. The number of rotatable bonds is 3. The Morgan fingerprint density at radius 1 is 1.20 bits per heavy atom. The summed E-state index contributed by atoms with van der Waals surface area (Å²) in [6.45, 7) is 9.85. The summed E-state index contributed by atoms with van der Waals surface area (Å²) in [5.74, 6) is -1.03. The van der Waals surface area contributed by atoms with Crippen molar-refractivity contribution in [2.75, 3.05) is 0 Å². The van der Waals surface area contributed by atoms with Gasteiger partial charge in [-0.1, -0.05) is 6.07 Å². The predicted octanol–water partition coefficient (Wildman–Crippen LogP) is 3.96. The van der Waals surface area contributed by atoms with Crippen LogP contribution >= 0.6 is 0 Å². The number of hydrogen-bond acceptors (Lipinski definition) is 2. The highest BCUT2D eigenvalue weighted by atomic mass is 19.1. The van der Waals surface area contributed by atoms with Crippen molar-refractivity contribution in [2.24, 2.45) is 0 Å². The van der Waals surface area contributed by atoms with Gasteiger partial charge in [0.25, 0.3) is 0 Å². The molecule has 2 nitrogen and oxygen atoms in total. The van der Waals surface area contributed by atoms with Crippen LogP contribution in [-0.4, -0.2) is 17.2 Å². The van der Waals surface area contributed by atoms with Gasteiger partial charge < -0.3 is 10.1 Å². The van der Waals surface area contributed by atoms with Crippen LogP contribution in [0.3, 0.4) is 0 Å². The summed E-state index contributed by atoms with van der Waals surface area (Å²) in [6, 6.07) is 3.60. The van der Waals surface area contributed by atoms with Crippen LogP contribution in [0.25, 0.3) is 0 Å². The summed E-state index contributed by atoms with van der Waals surface area (Å²) in [7, 11) is 0. The smallest absolute Gasteiger partial charge is 0.130 e. The lowest BCUT2D eigenvalue weighted by atomic mass is 9.93. The van der Waals surface area contributed by atoms with Gasteiger partial charge in [0, 0.05) is 17.6 Å². The minimum Gasteiger partial charge on any atom is -0.368 e. The number of ether oxygens (including phenoxy) is 1. The minimum atomic E-state index is -0.513. The topological polar surface area (TPSA) is 21.3 Å². The third kappa shape index (κ3) is 3.01. The molecule has 4 heteroatoms. The second-order valence-corrected chi connectivity index (χ2v) is 6.75. The van der Waals surface area contributed by atoms with Crippen LogP contribution in [0.4, 0.5) is 8.78 Å². The summed E-state index contributed by atoms with van der Waals surface area (Å²) in [6.07, 6.45) is 0.806. The molecule has 0 saturated carbocycles. The molecule has 1 aliphatic heterocycles. The van der Waals surface area contributed by atoms with Crippen LogP contribution in [-0.2, 0) is 4.74 Å². The Hall–Kier alpha value is -1.00. The molecule has 0 amide bonds. The minimum absolute atomic E-state index is 0.0477. The van der Waals surface area contributed by atoms with Crippen molar-refractivity contribution in [1.29, 1.82) is 0 Å². The third-order valence-electron chi connectivity index (χ3n) is 3.96. The second kappa shape index (κ2) is 5.08. The van der Waals surface area contributed by atoms with E-state index >= 15 is 0 Å². The zero-order valence-corrected chi connectivity index (χ0v) is 12.8. The molecule has 1 aliphatic rings. The van der Waals surface area contributed by atoms with Crippen LogP contribution < -0.4 is 5.32 Å². The van der Waals surface area contributed by atoms with Crippen LogP contribution in [0.15, 0.2) is 18.2 Å². The van der Waals surface area contributed by atoms with E-state index in [1.807, 2.05) is 27.7 Å². The lowest BCUT2D eigenvalue weighted by Crippen LogP contribution is -2.44. The Labute approximate surface area is 119 Å². The van der Waals surface area contributed by atoms with Gasteiger partial charge in [0.05, 0.1) is 11.2 Å². The number of nitrogens with one attached hydrogen (secondary N) is 1. The second-order valence-electron chi connectivity index (χ2n) is 6.75. The van der Waals surface area contributed by atoms with Gasteiger partial charge in [-0.2, -0.15) is 0 Å². The van der Waals surface area contributed by atoms with E-state index in [0.717, 1.165) is 6.42 Å². The van der Waals surface area contributed by atoms with E-state index in [9.17, 15) is 8.78 Å². The van der Waals surface area contributed by atoms with E-state index in [1.165, 1.54) is 18.2 Å². The van der Waals surface area contributed by atoms with Gasteiger partial charge in [0.1, 0.15) is 11.6 Å². The monoisotopic (exact) mass is 283 g/mol.